The van der Waals surface area contributed by atoms with Gasteiger partial charge in [0, 0.05) is 19.2 Å². The molecule has 1 aliphatic heterocycles. The molecule has 2 N–H and O–H groups in total. The molecule has 2 heterocycles. The number of benzene rings is 1. The molecule has 3 rings (SSSR count). The SMILES string of the molecule is CCOC(=O)c1c(NC(=O)c2cccc(OC[C@@H]3CCCO3)c2)sc(C(=O)NC)c1C. The molecule has 0 saturated carbocycles. The standard InChI is InChI=1S/C22H26N2O6S/c1-4-28-22(27)17-13(2)18(20(26)23-3)31-21(17)24-19(25)14-7-5-8-15(11-14)30-12-16-9-6-10-29-16/h5,7-8,11,16H,4,6,9-10,12H2,1-3H3,(H,23,26)(H,24,25)/t16-/m0/s1. The van der Waals surface area contributed by atoms with Gasteiger partial charge in [0.25, 0.3) is 11.8 Å². The summed E-state index contributed by atoms with van der Waals surface area (Å²) in [7, 11) is 1.51. The van der Waals surface area contributed by atoms with Crippen molar-refractivity contribution >= 4 is 34.1 Å². The van der Waals surface area contributed by atoms with Crippen LogP contribution in [-0.4, -0.2) is 50.8 Å². The zero-order valence-electron chi connectivity index (χ0n) is 17.8. The Morgan fingerprint density at radius 2 is 2.06 bits per heavy atom. The Bertz CT molecular complexity index is 965. The van der Waals surface area contributed by atoms with Crippen molar-refractivity contribution in [1.82, 2.24) is 5.32 Å². The quantitative estimate of drug-likeness (QED) is 0.603. The number of hydrogen-bond acceptors (Lipinski definition) is 7. The van der Waals surface area contributed by atoms with E-state index in [1.165, 1.54) is 7.05 Å². The van der Waals surface area contributed by atoms with Crippen LogP contribution in [0, 0.1) is 6.92 Å². The molecule has 1 saturated heterocycles. The highest BCUT2D eigenvalue weighted by Crippen LogP contribution is 2.34. The van der Waals surface area contributed by atoms with Crippen LogP contribution in [0.2, 0.25) is 0 Å². The maximum atomic E-state index is 12.9. The molecule has 2 amide bonds. The van der Waals surface area contributed by atoms with E-state index in [2.05, 4.69) is 10.6 Å². The van der Waals surface area contributed by atoms with E-state index >= 15 is 0 Å². The van der Waals surface area contributed by atoms with E-state index in [0.29, 0.717) is 28.4 Å². The number of esters is 1. The lowest BCUT2D eigenvalue weighted by molar-refractivity contribution is 0.0527. The fourth-order valence-electron chi connectivity index (χ4n) is 3.25. The summed E-state index contributed by atoms with van der Waals surface area (Å²) in [5.41, 5.74) is 1.02. The molecule has 2 aromatic rings. The summed E-state index contributed by atoms with van der Waals surface area (Å²) in [5, 5.41) is 5.56. The molecule has 1 aromatic heterocycles. The monoisotopic (exact) mass is 446 g/mol. The van der Waals surface area contributed by atoms with Crippen LogP contribution in [0.5, 0.6) is 5.75 Å². The summed E-state index contributed by atoms with van der Waals surface area (Å²) in [5.74, 6) is -0.784. The summed E-state index contributed by atoms with van der Waals surface area (Å²) >= 11 is 1.03. The number of nitrogens with one attached hydrogen (secondary N) is 2. The van der Waals surface area contributed by atoms with Gasteiger partial charge in [-0.25, -0.2) is 4.79 Å². The highest BCUT2D eigenvalue weighted by atomic mass is 32.1. The van der Waals surface area contributed by atoms with Crippen LogP contribution in [0.1, 0.15) is 55.7 Å². The van der Waals surface area contributed by atoms with Crippen LogP contribution in [0.4, 0.5) is 5.00 Å². The number of carbonyl (C=O) groups excluding carboxylic acids is 3. The minimum Gasteiger partial charge on any atom is -0.491 e. The number of carbonyl (C=O) groups is 3. The fourth-order valence-corrected chi connectivity index (χ4v) is 4.38. The minimum absolute atomic E-state index is 0.0712. The molecule has 0 bridgehead atoms. The van der Waals surface area contributed by atoms with Gasteiger partial charge in [-0.05, 0) is 50.5 Å². The van der Waals surface area contributed by atoms with E-state index in [4.69, 9.17) is 14.2 Å². The van der Waals surface area contributed by atoms with Gasteiger partial charge in [-0.1, -0.05) is 6.07 Å². The average Bonchev–Trinajstić information content (AvgIpc) is 3.40. The first kappa shape index (κ1) is 22.8. The summed E-state index contributed by atoms with van der Waals surface area (Å²) in [6.07, 6.45) is 2.06. The third kappa shape index (κ3) is 5.42. The zero-order chi connectivity index (χ0) is 22.4. The third-order valence-corrected chi connectivity index (χ3v) is 6.05. The van der Waals surface area contributed by atoms with Crippen LogP contribution in [-0.2, 0) is 9.47 Å². The number of amides is 2. The van der Waals surface area contributed by atoms with Gasteiger partial charge in [-0.2, -0.15) is 0 Å². The van der Waals surface area contributed by atoms with Gasteiger partial charge in [-0.15, -0.1) is 11.3 Å². The highest BCUT2D eigenvalue weighted by molar-refractivity contribution is 7.18. The third-order valence-electron chi connectivity index (χ3n) is 4.84. The van der Waals surface area contributed by atoms with Crippen molar-refractivity contribution in [2.45, 2.75) is 32.8 Å². The van der Waals surface area contributed by atoms with Gasteiger partial charge < -0.3 is 24.8 Å². The summed E-state index contributed by atoms with van der Waals surface area (Å²) in [6, 6.07) is 6.78. The smallest absolute Gasteiger partial charge is 0.341 e. The molecule has 0 spiro atoms. The molecule has 0 aliphatic carbocycles. The number of ether oxygens (including phenoxy) is 3. The number of anilines is 1. The number of rotatable bonds is 8. The van der Waals surface area contributed by atoms with Crippen molar-refractivity contribution in [3.63, 3.8) is 0 Å². The van der Waals surface area contributed by atoms with E-state index < -0.39 is 11.9 Å². The molecule has 166 valence electrons. The lowest BCUT2D eigenvalue weighted by Crippen LogP contribution is -2.18. The van der Waals surface area contributed by atoms with Crippen LogP contribution in [0.3, 0.4) is 0 Å². The minimum atomic E-state index is -0.588. The van der Waals surface area contributed by atoms with E-state index in [1.54, 1.807) is 38.1 Å². The van der Waals surface area contributed by atoms with Gasteiger partial charge in [0.05, 0.1) is 23.2 Å². The topological polar surface area (TPSA) is 103 Å². The van der Waals surface area contributed by atoms with Crippen LogP contribution < -0.4 is 15.4 Å². The Morgan fingerprint density at radius 3 is 2.74 bits per heavy atom. The molecule has 31 heavy (non-hydrogen) atoms. The molecule has 0 unspecified atom stereocenters. The van der Waals surface area contributed by atoms with Crippen molar-refractivity contribution < 1.29 is 28.6 Å². The molecular weight excluding hydrogens is 420 g/mol. The fraction of sp³-hybridized carbons (Fsp3) is 0.409. The first-order valence-electron chi connectivity index (χ1n) is 10.1. The molecular formula is C22H26N2O6S. The molecule has 1 aliphatic rings. The van der Waals surface area contributed by atoms with E-state index in [1.807, 2.05) is 0 Å². The van der Waals surface area contributed by atoms with Crippen LogP contribution in [0.25, 0.3) is 0 Å². The normalized spacial score (nSPS) is 15.4. The second-order valence-corrected chi connectivity index (χ2v) is 8.01. The van der Waals surface area contributed by atoms with Crippen LogP contribution in [0.15, 0.2) is 24.3 Å². The second-order valence-electron chi connectivity index (χ2n) is 6.99. The van der Waals surface area contributed by atoms with Crippen molar-refractivity contribution in [3.05, 3.63) is 45.8 Å². The first-order chi connectivity index (χ1) is 14.9. The van der Waals surface area contributed by atoms with Crippen molar-refractivity contribution in [3.8, 4) is 5.75 Å². The van der Waals surface area contributed by atoms with Gasteiger partial charge in [0.2, 0.25) is 0 Å². The molecule has 8 nitrogen and oxygen atoms in total. The average molecular weight is 447 g/mol. The Hall–Kier alpha value is -2.91. The lowest BCUT2D eigenvalue weighted by atomic mass is 10.1. The molecule has 1 aromatic carbocycles. The predicted molar refractivity (Wildman–Crippen MR) is 117 cm³/mol. The number of thiophene rings is 1. The summed E-state index contributed by atoms with van der Waals surface area (Å²) in [4.78, 5) is 37.9. The molecule has 1 fully saturated rings. The van der Waals surface area contributed by atoms with E-state index in [0.717, 1.165) is 30.8 Å². The maximum absolute atomic E-state index is 12.9. The predicted octanol–water partition coefficient (Wildman–Crippen LogP) is 3.40. The van der Waals surface area contributed by atoms with Gasteiger partial charge in [-0.3, -0.25) is 9.59 Å². The Balaban J connectivity index is 1.79. The van der Waals surface area contributed by atoms with Crippen LogP contribution >= 0.6 is 11.3 Å². The van der Waals surface area contributed by atoms with Crippen molar-refractivity contribution in [2.24, 2.45) is 0 Å². The Kier molecular flexibility index (Phi) is 7.64. The maximum Gasteiger partial charge on any atom is 0.341 e. The van der Waals surface area contributed by atoms with E-state index in [-0.39, 0.29) is 29.2 Å². The zero-order valence-corrected chi connectivity index (χ0v) is 18.6. The van der Waals surface area contributed by atoms with Gasteiger partial charge >= 0.3 is 5.97 Å². The number of hydrogen-bond donors (Lipinski definition) is 2. The molecule has 0 radical (unpaired) electrons. The van der Waals surface area contributed by atoms with Gasteiger partial charge in [0.15, 0.2) is 0 Å². The summed E-state index contributed by atoms with van der Waals surface area (Å²) in [6.45, 7) is 4.71. The molecule has 1 atom stereocenters. The van der Waals surface area contributed by atoms with E-state index in [9.17, 15) is 14.4 Å². The highest BCUT2D eigenvalue weighted by Gasteiger charge is 2.26. The largest absolute Gasteiger partial charge is 0.491 e. The molecule has 9 heteroatoms. The lowest BCUT2D eigenvalue weighted by Gasteiger charge is -2.12. The van der Waals surface area contributed by atoms with Crippen molar-refractivity contribution in [2.75, 3.05) is 32.2 Å². The summed E-state index contributed by atoms with van der Waals surface area (Å²) < 4.78 is 16.4. The van der Waals surface area contributed by atoms with Gasteiger partial charge in [0.1, 0.15) is 17.4 Å². The first-order valence-corrected chi connectivity index (χ1v) is 10.9. The second kappa shape index (κ2) is 10.4. The Morgan fingerprint density at radius 1 is 1.26 bits per heavy atom. The Labute approximate surface area is 184 Å². The van der Waals surface area contributed by atoms with Crippen molar-refractivity contribution in [1.29, 1.82) is 0 Å².